The van der Waals surface area contributed by atoms with Crippen LogP contribution in [0.25, 0.3) is 11.2 Å². The number of nitrogens with two attached hydrogens (primary N) is 1. The number of aromatic nitrogens is 4. The maximum absolute atomic E-state index is 13.0. The summed E-state index contributed by atoms with van der Waals surface area (Å²) >= 11 is 0. The van der Waals surface area contributed by atoms with Crippen molar-refractivity contribution in [3.8, 4) is 12.3 Å². The lowest BCUT2D eigenvalue weighted by molar-refractivity contribution is -0.143. The van der Waals surface area contributed by atoms with Crippen molar-refractivity contribution in [1.82, 2.24) is 46.5 Å². The fourth-order valence-electron chi connectivity index (χ4n) is 5.64. The number of nitrogens with one attached hydrogen (secondary N) is 7. The molecule has 0 aliphatic carbocycles. The summed E-state index contributed by atoms with van der Waals surface area (Å²) in [5, 5.41) is 16.6. The average molecular weight is 894 g/mol. The van der Waals surface area contributed by atoms with Crippen LogP contribution in [0.1, 0.15) is 81.8 Å². The maximum atomic E-state index is 13.0. The number of unbranched alkanes of at least 4 members (excludes halogenated alkanes) is 1. The van der Waals surface area contributed by atoms with Crippen molar-refractivity contribution in [2.45, 2.75) is 89.9 Å². The van der Waals surface area contributed by atoms with Crippen LogP contribution in [0.5, 0.6) is 0 Å². The fourth-order valence-corrected chi connectivity index (χ4v) is 5.64. The third-order valence-electron chi connectivity index (χ3n) is 8.78. The van der Waals surface area contributed by atoms with Crippen LogP contribution in [0, 0.1) is 12.3 Å². The van der Waals surface area contributed by atoms with Crippen molar-refractivity contribution in [3.05, 3.63) is 52.1 Å². The molecule has 348 valence electrons. The Hall–Kier alpha value is -6.86. The molecule has 0 aliphatic rings. The van der Waals surface area contributed by atoms with E-state index in [4.69, 9.17) is 31.1 Å². The number of esters is 1. The monoisotopic (exact) mass is 893 g/mol. The van der Waals surface area contributed by atoms with E-state index in [0.29, 0.717) is 37.2 Å². The van der Waals surface area contributed by atoms with E-state index in [-0.39, 0.29) is 112 Å². The number of methoxy groups -OCH3 is 1. The van der Waals surface area contributed by atoms with Crippen molar-refractivity contribution in [1.29, 1.82) is 0 Å². The molecule has 2 atom stereocenters. The van der Waals surface area contributed by atoms with Gasteiger partial charge in [-0.2, -0.15) is 4.98 Å². The lowest BCUT2D eigenvalue weighted by Crippen LogP contribution is -2.47. The van der Waals surface area contributed by atoms with E-state index in [1.165, 1.54) is 13.3 Å². The van der Waals surface area contributed by atoms with E-state index in [2.05, 4.69) is 57.8 Å². The van der Waals surface area contributed by atoms with Gasteiger partial charge in [0.25, 0.3) is 11.5 Å². The highest BCUT2D eigenvalue weighted by molar-refractivity contribution is 5.97. The lowest BCUT2D eigenvalue weighted by atomic mass is 10.1. The normalized spacial score (nSPS) is 11.9. The predicted molar refractivity (Wildman–Crippen MR) is 234 cm³/mol. The van der Waals surface area contributed by atoms with Gasteiger partial charge in [0.15, 0.2) is 11.2 Å². The molecule has 0 aliphatic heterocycles. The quantitative estimate of drug-likeness (QED) is 0.0298. The van der Waals surface area contributed by atoms with Crippen LogP contribution in [-0.2, 0) is 44.7 Å². The summed E-state index contributed by atoms with van der Waals surface area (Å²) in [4.78, 5) is 102. The number of ether oxygens (including phenoxy) is 4. The van der Waals surface area contributed by atoms with Crippen molar-refractivity contribution in [2.24, 2.45) is 0 Å². The number of terminal acetylenes is 1. The number of hydrogen-bond acceptors (Lipinski definition) is 16. The SMILES string of the molecule is C#CCCC(=O)N[C@H](CCCCNC(=O)OC(C)(C)C)C(=O)NCCOCCOCCNC(=O)CC[C@H](NC(=O)c1ccc(NCc2cnc3nc(N)[nH]c(=O)c3n2)cc1)C(=O)OC. The Kier molecular flexibility index (Phi) is 21.9. The van der Waals surface area contributed by atoms with E-state index in [1.807, 2.05) is 0 Å². The summed E-state index contributed by atoms with van der Waals surface area (Å²) in [5.74, 6) is 0.0140. The second kappa shape index (κ2) is 27.3. The molecule has 0 saturated heterocycles. The zero-order valence-corrected chi connectivity index (χ0v) is 36.6. The van der Waals surface area contributed by atoms with Crippen LogP contribution in [0.3, 0.4) is 0 Å². The van der Waals surface area contributed by atoms with Crippen molar-refractivity contribution < 1.29 is 47.7 Å². The van der Waals surface area contributed by atoms with Gasteiger partial charge in [-0.15, -0.1) is 12.3 Å². The lowest BCUT2D eigenvalue weighted by Gasteiger charge is -2.20. The number of H-pyrrole nitrogens is 1. The molecule has 0 bridgehead atoms. The van der Waals surface area contributed by atoms with Crippen molar-refractivity contribution in [3.63, 3.8) is 0 Å². The first-order valence-electron chi connectivity index (χ1n) is 20.7. The van der Waals surface area contributed by atoms with Crippen LogP contribution in [0.4, 0.5) is 16.4 Å². The van der Waals surface area contributed by atoms with Gasteiger partial charge in [-0.25, -0.2) is 19.6 Å². The molecule has 22 nitrogen and oxygen atoms in total. The molecule has 2 heterocycles. The average Bonchev–Trinajstić information content (AvgIpc) is 3.25. The minimum absolute atomic E-state index is 0.0148. The number of hydrogen-bond donors (Lipinski definition) is 8. The molecular formula is C42H59N11O11. The Morgan fingerprint density at radius 2 is 1.55 bits per heavy atom. The zero-order chi connectivity index (χ0) is 46.9. The summed E-state index contributed by atoms with van der Waals surface area (Å²) < 4.78 is 21.1. The third-order valence-corrected chi connectivity index (χ3v) is 8.78. The van der Waals surface area contributed by atoms with E-state index >= 15 is 0 Å². The Labute approximate surface area is 370 Å². The molecule has 3 rings (SSSR count). The summed E-state index contributed by atoms with van der Waals surface area (Å²) in [5.41, 5.74) is 5.98. The molecule has 0 fully saturated rings. The second-order valence-electron chi connectivity index (χ2n) is 15.1. The highest BCUT2D eigenvalue weighted by atomic mass is 16.6. The van der Waals surface area contributed by atoms with Gasteiger partial charge in [-0.1, -0.05) is 0 Å². The van der Waals surface area contributed by atoms with E-state index < -0.39 is 41.2 Å². The number of benzene rings is 1. The van der Waals surface area contributed by atoms with Crippen LogP contribution < -0.4 is 43.2 Å². The van der Waals surface area contributed by atoms with Gasteiger partial charge in [-0.3, -0.25) is 29.0 Å². The number of carbonyl (C=O) groups excluding carboxylic acids is 6. The van der Waals surface area contributed by atoms with Crippen LogP contribution in [-0.4, -0.2) is 126 Å². The Bertz CT molecular complexity index is 2120. The number of amides is 5. The number of nitrogens with zero attached hydrogens (tertiary/aromatic N) is 3. The maximum Gasteiger partial charge on any atom is 0.407 e. The van der Waals surface area contributed by atoms with Gasteiger partial charge in [0.05, 0.1) is 52.0 Å². The first-order chi connectivity index (χ1) is 30.6. The van der Waals surface area contributed by atoms with Gasteiger partial charge < -0.3 is 56.6 Å². The molecule has 9 N–H and O–H groups in total. The molecule has 2 aromatic heterocycles. The molecule has 0 radical (unpaired) electrons. The molecule has 1 aromatic carbocycles. The Balaban J connectivity index is 1.29. The standard InChI is InChI=1S/C42H59N11O11/c1-6-7-11-33(55)50-30(10-8-9-18-46-41(60)64-42(2,3)4)37(57)45-20-22-63-24-23-62-21-19-44-32(54)17-16-31(39(59)61-5)51-36(56)27-12-14-28(15-13-27)47-25-29-26-48-35-34(49-29)38(58)53-40(43)52-35/h1,12-15,26,30-31,47H,7-11,16-25H2,2-5H3,(H,44,54)(H,45,57)(H,46,60)(H,50,55)(H,51,56)(H3,43,48,52,53,58)/t30-,31+/m1/s1. The molecule has 5 amide bonds. The fraction of sp³-hybridized carbons (Fsp3) is 0.524. The van der Waals surface area contributed by atoms with Gasteiger partial charge in [0.1, 0.15) is 17.7 Å². The minimum atomic E-state index is -1.08. The van der Waals surface area contributed by atoms with Gasteiger partial charge in [0.2, 0.25) is 23.7 Å². The number of fused-ring (bicyclic) bond motifs is 1. The zero-order valence-electron chi connectivity index (χ0n) is 36.6. The first-order valence-corrected chi connectivity index (χ1v) is 20.7. The molecule has 3 aromatic rings. The first kappa shape index (κ1) is 51.5. The summed E-state index contributed by atoms with van der Waals surface area (Å²) in [6, 6.07) is 4.54. The molecule has 22 heteroatoms. The number of rotatable bonds is 27. The topological polar surface area (TPSA) is 309 Å². The Morgan fingerprint density at radius 1 is 0.844 bits per heavy atom. The largest absolute Gasteiger partial charge is 0.467 e. The highest BCUT2D eigenvalue weighted by Crippen LogP contribution is 2.13. The van der Waals surface area contributed by atoms with E-state index in [9.17, 15) is 33.6 Å². The van der Waals surface area contributed by atoms with Gasteiger partial charge in [-0.05, 0) is 70.7 Å². The van der Waals surface area contributed by atoms with Crippen LogP contribution in [0.15, 0.2) is 35.3 Å². The summed E-state index contributed by atoms with van der Waals surface area (Å²) in [7, 11) is 1.18. The Morgan fingerprint density at radius 3 is 2.22 bits per heavy atom. The van der Waals surface area contributed by atoms with E-state index in [1.54, 1.807) is 45.0 Å². The minimum Gasteiger partial charge on any atom is -0.467 e. The molecular weight excluding hydrogens is 835 g/mol. The summed E-state index contributed by atoms with van der Waals surface area (Å²) in [6.45, 7) is 7.07. The highest BCUT2D eigenvalue weighted by Gasteiger charge is 2.24. The van der Waals surface area contributed by atoms with Crippen molar-refractivity contribution in [2.75, 3.05) is 64.2 Å². The number of carbonyl (C=O) groups is 6. The number of anilines is 2. The smallest absolute Gasteiger partial charge is 0.407 e. The predicted octanol–water partition coefficient (Wildman–Crippen LogP) is 0.818. The van der Waals surface area contributed by atoms with Crippen molar-refractivity contribution >= 4 is 58.5 Å². The number of nitrogen functional groups attached to an aromatic ring is 1. The van der Waals surface area contributed by atoms with Crippen LogP contribution in [0.2, 0.25) is 0 Å². The van der Waals surface area contributed by atoms with Crippen LogP contribution >= 0.6 is 0 Å². The third kappa shape index (κ3) is 19.9. The van der Waals surface area contributed by atoms with E-state index in [0.717, 1.165) is 0 Å². The number of alkyl carbamates (subject to hydrolysis) is 1. The summed E-state index contributed by atoms with van der Waals surface area (Å²) in [6.07, 6.45) is 7.91. The van der Waals surface area contributed by atoms with Gasteiger partial charge >= 0.3 is 12.1 Å². The second-order valence-corrected chi connectivity index (χ2v) is 15.1. The number of aromatic amines is 1. The molecule has 0 unspecified atom stereocenters. The van der Waals surface area contributed by atoms with Gasteiger partial charge in [0, 0.05) is 50.1 Å². The molecule has 64 heavy (non-hydrogen) atoms. The molecule has 0 saturated carbocycles. The molecule has 0 spiro atoms.